The molecule has 0 rings (SSSR count). The van der Waals surface area contributed by atoms with Crippen molar-refractivity contribution in [3.8, 4) is 0 Å². The van der Waals surface area contributed by atoms with Gasteiger partial charge in [-0.15, -0.1) is 0 Å². The molecular formula is C41H78N2NaO5. The Balaban J connectivity index is 0. The van der Waals surface area contributed by atoms with Crippen molar-refractivity contribution in [2.75, 3.05) is 0 Å². The van der Waals surface area contributed by atoms with Crippen molar-refractivity contribution in [3.05, 3.63) is 0 Å². The summed E-state index contributed by atoms with van der Waals surface area (Å²) >= 11 is 0. The SMILES string of the molecule is CCCCCCCCCCCCCCCCCC(=O)N(C(=O)CCCCCCCCCCCCCCCCC)[C@@H](CCC(N)=O)C(=O)O.[Na]. The van der Waals surface area contributed by atoms with E-state index in [0.29, 0.717) is 12.8 Å². The van der Waals surface area contributed by atoms with Crippen LogP contribution in [0.2, 0.25) is 0 Å². The molecule has 0 aromatic rings. The molecule has 8 heteroatoms. The first-order chi connectivity index (χ1) is 23.3. The molecule has 0 heterocycles. The van der Waals surface area contributed by atoms with Crippen molar-refractivity contribution in [2.24, 2.45) is 5.73 Å². The number of hydrogen-bond donors (Lipinski definition) is 2. The van der Waals surface area contributed by atoms with Crippen molar-refractivity contribution in [1.82, 2.24) is 4.90 Å². The second kappa shape index (κ2) is 38.3. The molecule has 0 saturated carbocycles. The number of primary amides is 1. The van der Waals surface area contributed by atoms with Gasteiger partial charge < -0.3 is 10.8 Å². The van der Waals surface area contributed by atoms with Gasteiger partial charge in [0.15, 0.2) is 0 Å². The zero-order valence-corrected chi connectivity index (χ0v) is 34.7. The summed E-state index contributed by atoms with van der Waals surface area (Å²) < 4.78 is 0. The van der Waals surface area contributed by atoms with E-state index in [1.807, 2.05) is 0 Å². The number of unbranched alkanes of at least 4 members (excludes halogenated alkanes) is 28. The fraction of sp³-hybridized carbons (Fsp3) is 0.902. The van der Waals surface area contributed by atoms with Crippen LogP contribution in [0, 0.1) is 0 Å². The third kappa shape index (κ3) is 32.7. The van der Waals surface area contributed by atoms with E-state index in [1.54, 1.807) is 0 Å². The number of carboxylic acid groups (broad SMARTS) is 1. The summed E-state index contributed by atoms with van der Waals surface area (Å²) in [6.45, 7) is 4.51. The first-order valence-corrected chi connectivity index (χ1v) is 20.7. The van der Waals surface area contributed by atoms with Gasteiger partial charge in [0.1, 0.15) is 6.04 Å². The molecule has 0 spiro atoms. The van der Waals surface area contributed by atoms with E-state index < -0.39 is 29.7 Å². The van der Waals surface area contributed by atoms with Crippen molar-refractivity contribution in [2.45, 2.75) is 238 Å². The molecule has 7 nitrogen and oxygen atoms in total. The maximum Gasteiger partial charge on any atom is 0.326 e. The Labute approximate surface area is 324 Å². The van der Waals surface area contributed by atoms with Gasteiger partial charge in [-0.3, -0.25) is 19.3 Å². The third-order valence-electron chi connectivity index (χ3n) is 9.79. The number of nitrogens with zero attached hydrogens (tertiary/aromatic N) is 1. The topological polar surface area (TPSA) is 118 Å². The summed E-state index contributed by atoms with van der Waals surface area (Å²) in [6.07, 6.45) is 36.7. The first kappa shape index (κ1) is 50.2. The van der Waals surface area contributed by atoms with E-state index in [2.05, 4.69) is 13.8 Å². The van der Waals surface area contributed by atoms with Gasteiger partial charge in [-0.05, 0) is 19.3 Å². The first-order valence-electron chi connectivity index (χ1n) is 20.7. The average Bonchev–Trinajstić information content (AvgIpc) is 3.06. The molecule has 0 aromatic heterocycles. The Morgan fingerprint density at radius 2 is 0.694 bits per heavy atom. The van der Waals surface area contributed by atoms with E-state index in [0.717, 1.165) is 43.4 Å². The number of carboxylic acids is 1. The number of aliphatic carboxylic acids is 1. The van der Waals surface area contributed by atoms with E-state index in [9.17, 15) is 24.3 Å². The largest absolute Gasteiger partial charge is 0.480 e. The Bertz CT molecular complexity index is 748. The summed E-state index contributed by atoms with van der Waals surface area (Å²) in [5.41, 5.74) is 5.27. The smallest absolute Gasteiger partial charge is 0.326 e. The van der Waals surface area contributed by atoms with Crippen LogP contribution < -0.4 is 5.73 Å². The fourth-order valence-corrected chi connectivity index (χ4v) is 6.66. The molecule has 1 radical (unpaired) electrons. The van der Waals surface area contributed by atoms with Crippen molar-refractivity contribution >= 4 is 53.2 Å². The van der Waals surface area contributed by atoms with Gasteiger partial charge in [0, 0.05) is 48.8 Å². The summed E-state index contributed by atoms with van der Waals surface area (Å²) in [5, 5.41) is 9.86. The number of carbonyl (C=O) groups excluding carboxylic acids is 3. The minimum Gasteiger partial charge on any atom is -0.480 e. The number of carbonyl (C=O) groups is 4. The number of hydrogen-bond acceptors (Lipinski definition) is 4. The van der Waals surface area contributed by atoms with Crippen LogP contribution in [0.3, 0.4) is 0 Å². The molecule has 3 N–H and O–H groups in total. The minimum absolute atomic E-state index is 0. The molecule has 0 aliphatic heterocycles. The number of imide groups is 1. The van der Waals surface area contributed by atoms with E-state index >= 15 is 0 Å². The summed E-state index contributed by atoms with van der Waals surface area (Å²) in [5.74, 6) is -2.77. The molecule has 283 valence electrons. The van der Waals surface area contributed by atoms with E-state index in [-0.39, 0.29) is 55.2 Å². The maximum atomic E-state index is 13.2. The monoisotopic (exact) mass is 702 g/mol. The van der Waals surface area contributed by atoms with Gasteiger partial charge in [-0.2, -0.15) is 0 Å². The van der Waals surface area contributed by atoms with Crippen LogP contribution >= 0.6 is 0 Å². The molecule has 49 heavy (non-hydrogen) atoms. The Morgan fingerprint density at radius 3 is 0.918 bits per heavy atom. The molecule has 0 aromatic carbocycles. The second-order valence-electron chi connectivity index (χ2n) is 14.4. The zero-order chi connectivity index (χ0) is 35.5. The second-order valence-corrected chi connectivity index (χ2v) is 14.4. The average molecular weight is 702 g/mol. The van der Waals surface area contributed by atoms with Crippen molar-refractivity contribution in [3.63, 3.8) is 0 Å². The molecule has 0 unspecified atom stereocenters. The van der Waals surface area contributed by atoms with Gasteiger partial charge in [0.05, 0.1) is 0 Å². The standard InChI is InChI=1S/C41H78N2O5.Na/c1-3-5-7-9-11-13-15-17-19-21-23-25-27-29-31-33-39(45)43(37(41(47)48)35-36-38(42)44)40(46)34-32-30-28-26-24-22-20-18-16-14-12-10-8-6-4-2;/h37H,3-36H2,1-2H3,(H2,42,44)(H,47,48);/t37-;/m0./s1. The Morgan fingerprint density at radius 1 is 0.449 bits per heavy atom. The molecule has 0 fully saturated rings. The predicted octanol–water partition coefficient (Wildman–Crippen LogP) is 11.2. The molecule has 0 bridgehead atoms. The van der Waals surface area contributed by atoms with Crippen LogP contribution in [0.25, 0.3) is 0 Å². The maximum absolute atomic E-state index is 13.2. The van der Waals surface area contributed by atoms with Crippen molar-refractivity contribution < 1.29 is 24.3 Å². The van der Waals surface area contributed by atoms with Gasteiger partial charge in [-0.25, -0.2) is 4.79 Å². The molecule has 0 aliphatic rings. The molecule has 0 aliphatic carbocycles. The summed E-state index contributed by atoms with van der Waals surface area (Å²) in [4.78, 5) is 50.8. The van der Waals surface area contributed by atoms with Gasteiger partial charge >= 0.3 is 5.97 Å². The molecule has 0 saturated heterocycles. The van der Waals surface area contributed by atoms with Crippen LogP contribution in [0.15, 0.2) is 0 Å². The minimum atomic E-state index is -1.34. The number of amides is 3. The van der Waals surface area contributed by atoms with Gasteiger partial charge in [-0.1, -0.05) is 194 Å². The summed E-state index contributed by atoms with van der Waals surface area (Å²) in [7, 11) is 0. The summed E-state index contributed by atoms with van der Waals surface area (Å²) in [6, 6.07) is -1.34. The normalized spacial score (nSPS) is 11.6. The van der Waals surface area contributed by atoms with Crippen LogP contribution in [0.1, 0.15) is 232 Å². The number of nitrogens with two attached hydrogens (primary N) is 1. The van der Waals surface area contributed by atoms with Crippen LogP contribution in [0.5, 0.6) is 0 Å². The fourth-order valence-electron chi connectivity index (χ4n) is 6.66. The van der Waals surface area contributed by atoms with E-state index in [4.69, 9.17) is 5.73 Å². The molecule has 3 amide bonds. The predicted molar refractivity (Wildman–Crippen MR) is 207 cm³/mol. The Hall–Kier alpha value is -0.920. The van der Waals surface area contributed by atoms with Crippen molar-refractivity contribution in [1.29, 1.82) is 0 Å². The van der Waals surface area contributed by atoms with E-state index in [1.165, 1.54) is 141 Å². The van der Waals surface area contributed by atoms with Crippen LogP contribution in [-0.4, -0.2) is 69.3 Å². The van der Waals surface area contributed by atoms with Crippen LogP contribution in [-0.2, 0) is 19.2 Å². The molecule has 1 atom stereocenters. The number of rotatable bonds is 37. The third-order valence-corrected chi connectivity index (χ3v) is 9.79. The zero-order valence-electron chi connectivity index (χ0n) is 32.7. The van der Waals surface area contributed by atoms with Gasteiger partial charge in [0.25, 0.3) is 0 Å². The molecular weight excluding hydrogens is 623 g/mol. The quantitative estimate of drug-likeness (QED) is 0.0494. The Kier molecular flexibility index (Phi) is 39.2. The van der Waals surface area contributed by atoms with Gasteiger partial charge in [0.2, 0.25) is 17.7 Å². The van der Waals surface area contributed by atoms with Crippen LogP contribution in [0.4, 0.5) is 0 Å².